The lowest BCUT2D eigenvalue weighted by Gasteiger charge is -2.30. The highest BCUT2D eigenvalue weighted by atomic mass is 16.7. The maximum Gasteiger partial charge on any atom is 0.158 e. The van der Waals surface area contributed by atoms with E-state index in [0.29, 0.717) is 19.8 Å². The molecule has 1 aliphatic rings. The first-order valence-electron chi connectivity index (χ1n) is 10.1. The molecule has 158 valence electrons. The van der Waals surface area contributed by atoms with E-state index in [4.69, 9.17) is 18.9 Å². The van der Waals surface area contributed by atoms with Crippen LogP contribution in [0.5, 0.6) is 11.5 Å². The number of benzene rings is 1. The van der Waals surface area contributed by atoms with Crippen LogP contribution in [-0.2, 0) is 22.4 Å². The van der Waals surface area contributed by atoms with Crippen molar-refractivity contribution in [1.29, 1.82) is 0 Å². The lowest BCUT2D eigenvalue weighted by atomic mass is 10.0. The van der Waals surface area contributed by atoms with Gasteiger partial charge < -0.3 is 24.3 Å². The Bertz CT molecular complexity index is 974. The lowest BCUT2D eigenvalue weighted by molar-refractivity contribution is -0.192. The van der Waals surface area contributed by atoms with Gasteiger partial charge in [-0.05, 0) is 47.9 Å². The molecule has 0 unspecified atom stereocenters. The molecule has 0 atom stereocenters. The molecule has 0 spiro atoms. The number of rotatable bonds is 8. The molecule has 1 aliphatic heterocycles. The second kappa shape index (κ2) is 9.84. The van der Waals surface area contributed by atoms with Crippen molar-refractivity contribution in [1.82, 2.24) is 15.3 Å². The first kappa shape index (κ1) is 20.5. The van der Waals surface area contributed by atoms with E-state index in [9.17, 15) is 0 Å². The minimum absolute atomic E-state index is 0.151. The van der Waals surface area contributed by atoms with Crippen molar-refractivity contribution < 1.29 is 18.9 Å². The third-order valence-electron chi connectivity index (χ3n) is 5.26. The molecule has 4 rings (SSSR count). The van der Waals surface area contributed by atoms with Gasteiger partial charge in [0.2, 0.25) is 0 Å². The van der Waals surface area contributed by atoms with Crippen LogP contribution in [0.1, 0.15) is 17.5 Å². The zero-order valence-electron chi connectivity index (χ0n) is 17.3. The summed E-state index contributed by atoms with van der Waals surface area (Å²) in [6, 6.07) is 10.1. The second-order valence-corrected chi connectivity index (χ2v) is 7.30. The van der Waals surface area contributed by atoms with Gasteiger partial charge in [-0.3, -0.25) is 9.97 Å². The number of methoxy groups -OCH3 is 2. The van der Waals surface area contributed by atoms with Gasteiger partial charge in [-0.2, -0.15) is 0 Å². The summed E-state index contributed by atoms with van der Waals surface area (Å²) in [7, 11) is 3.32. The molecule has 0 saturated carbocycles. The minimum Gasteiger partial charge on any atom is -0.497 e. The predicted molar refractivity (Wildman–Crippen MR) is 114 cm³/mol. The van der Waals surface area contributed by atoms with Gasteiger partial charge in [0.15, 0.2) is 6.29 Å². The SMILES string of the molecule is COc1cncc(CNC2COC(CCc3ccnc4ccc(OC)cc34)OC2)c1. The van der Waals surface area contributed by atoms with Crippen LogP contribution in [-0.4, -0.2) is 49.7 Å². The van der Waals surface area contributed by atoms with Crippen molar-refractivity contribution >= 4 is 10.9 Å². The highest BCUT2D eigenvalue weighted by Crippen LogP contribution is 2.24. The van der Waals surface area contributed by atoms with E-state index >= 15 is 0 Å². The van der Waals surface area contributed by atoms with Crippen LogP contribution in [0.15, 0.2) is 48.9 Å². The highest BCUT2D eigenvalue weighted by Gasteiger charge is 2.22. The number of pyridine rings is 2. The molecule has 1 N–H and O–H groups in total. The average molecular weight is 409 g/mol. The van der Waals surface area contributed by atoms with E-state index in [1.807, 2.05) is 36.7 Å². The number of fused-ring (bicyclic) bond motifs is 1. The average Bonchev–Trinajstić information content (AvgIpc) is 2.81. The number of aromatic nitrogens is 2. The van der Waals surface area contributed by atoms with Gasteiger partial charge in [-0.1, -0.05) is 0 Å². The van der Waals surface area contributed by atoms with Gasteiger partial charge in [0.05, 0.1) is 45.2 Å². The summed E-state index contributed by atoms with van der Waals surface area (Å²) in [4.78, 5) is 8.62. The van der Waals surface area contributed by atoms with Crippen LogP contribution in [0, 0.1) is 0 Å². The molecule has 0 aliphatic carbocycles. The maximum atomic E-state index is 5.94. The largest absolute Gasteiger partial charge is 0.497 e. The molecule has 0 radical (unpaired) electrons. The van der Waals surface area contributed by atoms with Gasteiger partial charge in [-0.25, -0.2) is 0 Å². The van der Waals surface area contributed by atoms with Crippen LogP contribution < -0.4 is 14.8 Å². The van der Waals surface area contributed by atoms with Crippen LogP contribution in [0.25, 0.3) is 10.9 Å². The summed E-state index contributed by atoms with van der Waals surface area (Å²) in [5.41, 5.74) is 3.25. The summed E-state index contributed by atoms with van der Waals surface area (Å²) < 4.78 is 22.4. The fourth-order valence-corrected chi connectivity index (χ4v) is 3.56. The Morgan fingerprint density at radius 1 is 1.03 bits per heavy atom. The molecule has 3 heterocycles. The first-order valence-corrected chi connectivity index (χ1v) is 10.1. The smallest absolute Gasteiger partial charge is 0.158 e. The highest BCUT2D eigenvalue weighted by molar-refractivity contribution is 5.83. The van der Waals surface area contributed by atoms with Crippen LogP contribution in [0.4, 0.5) is 0 Å². The summed E-state index contributed by atoms with van der Waals surface area (Å²) in [5.74, 6) is 1.59. The van der Waals surface area contributed by atoms with Crippen LogP contribution >= 0.6 is 0 Å². The summed E-state index contributed by atoms with van der Waals surface area (Å²) in [5, 5.41) is 4.56. The van der Waals surface area contributed by atoms with Crippen LogP contribution in [0.2, 0.25) is 0 Å². The zero-order chi connectivity index (χ0) is 20.8. The molecule has 1 saturated heterocycles. The number of hydrogen-bond donors (Lipinski definition) is 1. The molecule has 1 fully saturated rings. The maximum absolute atomic E-state index is 5.94. The fraction of sp³-hybridized carbons (Fsp3) is 0.391. The van der Waals surface area contributed by atoms with E-state index in [-0.39, 0.29) is 12.3 Å². The van der Waals surface area contributed by atoms with Crippen molar-refractivity contribution in [2.75, 3.05) is 27.4 Å². The van der Waals surface area contributed by atoms with E-state index < -0.39 is 0 Å². The quantitative estimate of drug-likeness (QED) is 0.613. The molecule has 0 bridgehead atoms. The molecule has 30 heavy (non-hydrogen) atoms. The Morgan fingerprint density at radius 2 is 1.87 bits per heavy atom. The molecule has 0 amide bonds. The van der Waals surface area contributed by atoms with E-state index in [1.165, 1.54) is 5.56 Å². The molecular weight excluding hydrogens is 382 g/mol. The molecule has 7 nitrogen and oxygen atoms in total. The van der Waals surface area contributed by atoms with Gasteiger partial charge in [0.1, 0.15) is 11.5 Å². The van der Waals surface area contributed by atoms with E-state index in [2.05, 4.69) is 21.4 Å². The number of ether oxygens (including phenoxy) is 4. The number of nitrogens with zero attached hydrogens (tertiary/aromatic N) is 2. The number of nitrogens with one attached hydrogen (secondary N) is 1. The van der Waals surface area contributed by atoms with Crippen molar-refractivity contribution in [3.8, 4) is 11.5 Å². The molecule has 3 aromatic rings. The van der Waals surface area contributed by atoms with Crippen molar-refractivity contribution in [2.45, 2.75) is 31.7 Å². The van der Waals surface area contributed by atoms with Gasteiger partial charge in [-0.15, -0.1) is 0 Å². The fourth-order valence-electron chi connectivity index (χ4n) is 3.56. The Labute approximate surface area is 176 Å². The third-order valence-corrected chi connectivity index (χ3v) is 5.26. The summed E-state index contributed by atoms with van der Waals surface area (Å²) in [6.07, 6.45) is 6.82. The van der Waals surface area contributed by atoms with E-state index in [1.54, 1.807) is 20.4 Å². The zero-order valence-corrected chi connectivity index (χ0v) is 17.3. The second-order valence-electron chi connectivity index (χ2n) is 7.30. The Morgan fingerprint density at radius 3 is 2.67 bits per heavy atom. The monoisotopic (exact) mass is 409 g/mol. The lowest BCUT2D eigenvalue weighted by Crippen LogP contribution is -2.44. The standard InChI is InChI=1S/C23H27N3O4/c1-27-19-4-5-22-21(10-19)17(7-8-25-22)3-6-23-29-14-18(15-30-23)26-12-16-9-20(28-2)13-24-11-16/h4-5,7-11,13,18,23,26H,3,6,12,14-15H2,1-2H3. The third kappa shape index (κ3) is 5.05. The van der Waals surface area contributed by atoms with Crippen molar-refractivity contribution in [3.05, 3.63) is 60.0 Å². The molecular formula is C23H27N3O4. The van der Waals surface area contributed by atoms with Crippen LogP contribution in [0.3, 0.4) is 0 Å². The Balaban J connectivity index is 1.27. The summed E-state index contributed by atoms with van der Waals surface area (Å²) >= 11 is 0. The first-order chi connectivity index (χ1) is 14.7. The Kier molecular flexibility index (Phi) is 6.74. The molecule has 1 aromatic carbocycles. The topological polar surface area (TPSA) is 74.7 Å². The number of hydrogen-bond acceptors (Lipinski definition) is 7. The van der Waals surface area contributed by atoms with Gasteiger partial charge in [0, 0.05) is 30.7 Å². The minimum atomic E-state index is -0.199. The molecule has 2 aromatic heterocycles. The summed E-state index contributed by atoms with van der Waals surface area (Å²) in [6.45, 7) is 1.93. The van der Waals surface area contributed by atoms with E-state index in [0.717, 1.165) is 40.8 Å². The van der Waals surface area contributed by atoms with Crippen molar-refractivity contribution in [3.63, 3.8) is 0 Å². The normalized spacial score (nSPS) is 19.0. The predicted octanol–water partition coefficient (Wildman–Crippen LogP) is 3.11. The molecule has 7 heteroatoms. The number of aryl methyl sites for hydroxylation is 1. The Hall–Kier alpha value is -2.74. The van der Waals surface area contributed by atoms with Crippen molar-refractivity contribution in [2.24, 2.45) is 0 Å². The van der Waals surface area contributed by atoms with Gasteiger partial charge >= 0.3 is 0 Å². The van der Waals surface area contributed by atoms with Gasteiger partial charge in [0.25, 0.3) is 0 Å².